The van der Waals surface area contributed by atoms with Crippen molar-refractivity contribution in [2.75, 3.05) is 0 Å². The van der Waals surface area contributed by atoms with E-state index >= 15 is 0 Å². The number of hydrogen-bond donors (Lipinski definition) is 0. The first-order valence-corrected chi connectivity index (χ1v) is 3.09. The van der Waals surface area contributed by atoms with Crippen LogP contribution in [0.3, 0.4) is 0 Å². The van der Waals surface area contributed by atoms with Crippen LogP contribution in [0.1, 0.15) is 6.92 Å². The van der Waals surface area contributed by atoms with E-state index in [1.165, 1.54) is 9.36 Å². The van der Waals surface area contributed by atoms with E-state index in [-0.39, 0.29) is 5.69 Å². The van der Waals surface area contributed by atoms with Crippen LogP contribution in [-0.4, -0.2) is 19.8 Å². The molecule has 1 aromatic rings. The average molecular weight is 141 g/mol. The monoisotopic (exact) mass is 141 g/mol. The summed E-state index contributed by atoms with van der Waals surface area (Å²) < 4.78 is 2.49. The summed E-state index contributed by atoms with van der Waals surface area (Å²) in [6.45, 7) is 6.23. The van der Waals surface area contributed by atoms with Crippen LogP contribution in [0.2, 0.25) is 0 Å². The van der Waals surface area contributed by atoms with Gasteiger partial charge in [0, 0.05) is 13.1 Å². The van der Waals surface area contributed by atoms with Crippen LogP contribution in [0.5, 0.6) is 0 Å². The van der Waals surface area contributed by atoms with Crippen LogP contribution in [0, 0.1) is 6.92 Å². The molecule has 1 aromatic heterocycles. The number of hydrogen-bond acceptors (Lipinski definition) is 3. The lowest BCUT2D eigenvalue weighted by atomic mass is 10.7. The van der Waals surface area contributed by atoms with Crippen molar-refractivity contribution >= 4 is 0 Å². The fraction of sp³-hybridized carbons (Fsp3) is 0.600. The molecule has 55 valence electrons. The normalized spacial score (nSPS) is 10.2. The predicted octanol–water partition coefficient (Wildman–Crippen LogP) is -0.706. The predicted molar refractivity (Wildman–Crippen MR) is 35.3 cm³/mol. The topological polar surface area (TPSA) is 52.7 Å². The number of aryl methyl sites for hydroxylation is 1. The third kappa shape index (κ3) is 0.940. The minimum Gasteiger partial charge on any atom is -0.244 e. The fourth-order valence-electron chi connectivity index (χ4n) is 0.645. The summed E-state index contributed by atoms with van der Waals surface area (Å²) in [5.74, 6) is 0. The van der Waals surface area contributed by atoms with E-state index < -0.39 is 0 Å². The molecule has 1 heterocycles. The summed E-state index contributed by atoms with van der Waals surface area (Å²) in [6.07, 6.45) is 0. The highest BCUT2D eigenvalue weighted by molar-refractivity contribution is 4.57. The summed E-state index contributed by atoms with van der Waals surface area (Å²) in [6, 6.07) is 0. The first-order chi connectivity index (χ1) is 4.79. The summed E-state index contributed by atoms with van der Waals surface area (Å²) in [4.78, 5) is 11.0. The molecule has 0 aliphatic carbocycles. The molecule has 0 aromatic carbocycles. The Morgan fingerprint density at radius 1 is 1.50 bits per heavy atom. The zero-order valence-corrected chi connectivity index (χ0v) is 5.82. The molecule has 5 nitrogen and oxygen atoms in total. The van der Waals surface area contributed by atoms with Gasteiger partial charge in [0.2, 0.25) is 0 Å². The maximum atomic E-state index is 11.0. The second-order valence-corrected chi connectivity index (χ2v) is 1.80. The van der Waals surface area contributed by atoms with Gasteiger partial charge in [-0.05, 0) is 24.3 Å². The highest BCUT2D eigenvalue weighted by atomic mass is 16.2. The Morgan fingerprint density at radius 3 is 2.40 bits per heavy atom. The molecule has 0 fully saturated rings. The van der Waals surface area contributed by atoms with Gasteiger partial charge in [0.25, 0.3) is 0 Å². The minimum atomic E-state index is -0.197. The van der Waals surface area contributed by atoms with Gasteiger partial charge in [-0.2, -0.15) is 9.36 Å². The third-order valence-corrected chi connectivity index (χ3v) is 1.21. The molecule has 0 N–H and O–H groups in total. The first kappa shape index (κ1) is 6.98. The molecule has 0 saturated carbocycles. The van der Waals surface area contributed by atoms with Crippen molar-refractivity contribution < 1.29 is 0 Å². The van der Waals surface area contributed by atoms with Crippen molar-refractivity contribution in [2.24, 2.45) is 0 Å². The first-order valence-electron chi connectivity index (χ1n) is 3.09. The number of rotatable bonds is 2. The second kappa shape index (κ2) is 2.64. The van der Waals surface area contributed by atoms with Gasteiger partial charge in [-0.25, -0.2) is 4.79 Å². The van der Waals surface area contributed by atoms with E-state index in [4.69, 9.17) is 0 Å². The zero-order valence-electron chi connectivity index (χ0n) is 5.82. The zero-order chi connectivity index (χ0) is 7.56. The van der Waals surface area contributed by atoms with Gasteiger partial charge in [-0.15, -0.1) is 0 Å². The van der Waals surface area contributed by atoms with E-state index in [1.54, 1.807) is 0 Å². The lowest BCUT2D eigenvalue weighted by Gasteiger charge is -1.87. The van der Waals surface area contributed by atoms with Crippen molar-refractivity contribution in [1.29, 1.82) is 0 Å². The molecule has 0 saturated heterocycles. The molecule has 0 aliphatic rings. The Hall–Kier alpha value is -1.13. The van der Waals surface area contributed by atoms with Crippen molar-refractivity contribution in [3.8, 4) is 0 Å². The van der Waals surface area contributed by atoms with E-state index in [1.807, 2.05) is 6.92 Å². The third-order valence-electron chi connectivity index (χ3n) is 1.21. The molecule has 10 heavy (non-hydrogen) atoms. The molecular weight excluding hydrogens is 132 g/mol. The summed E-state index contributed by atoms with van der Waals surface area (Å²) in [5, 5.41) is 7.14. The van der Waals surface area contributed by atoms with Gasteiger partial charge in [0.15, 0.2) is 0 Å². The lowest BCUT2D eigenvalue weighted by molar-refractivity contribution is 0.609. The van der Waals surface area contributed by atoms with E-state index in [2.05, 4.69) is 17.4 Å². The van der Waals surface area contributed by atoms with E-state index in [0.717, 1.165) is 0 Å². The van der Waals surface area contributed by atoms with Crippen LogP contribution in [0.4, 0.5) is 0 Å². The van der Waals surface area contributed by atoms with Crippen molar-refractivity contribution in [2.45, 2.75) is 20.0 Å². The Labute approximate surface area is 58.2 Å². The maximum absolute atomic E-state index is 11.0. The van der Waals surface area contributed by atoms with Gasteiger partial charge in [0.1, 0.15) is 0 Å². The SMILES string of the molecule is [CH2]Cn1nnn(CC)c1=O. The molecule has 1 rings (SSSR count). The second-order valence-electron chi connectivity index (χ2n) is 1.80. The smallest absolute Gasteiger partial charge is 0.244 e. The fourth-order valence-corrected chi connectivity index (χ4v) is 0.645. The number of nitrogens with zero attached hydrogens (tertiary/aromatic N) is 4. The Bertz CT molecular complexity index is 236. The Kier molecular flexibility index (Phi) is 1.84. The van der Waals surface area contributed by atoms with Gasteiger partial charge in [-0.3, -0.25) is 0 Å². The molecule has 0 unspecified atom stereocenters. The summed E-state index contributed by atoms with van der Waals surface area (Å²) >= 11 is 0. The van der Waals surface area contributed by atoms with Gasteiger partial charge in [0.05, 0.1) is 0 Å². The number of aromatic nitrogens is 4. The van der Waals surface area contributed by atoms with Crippen LogP contribution < -0.4 is 5.69 Å². The lowest BCUT2D eigenvalue weighted by Crippen LogP contribution is -2.24. The van der Waals surface area contributed by atoms with Gasteiger partial charge in [-0.1, -0.05) is 0 Å². The summed E-state index contributed by atoms with van der Waals surface area (Å²) in [7, 11) is 0. The minimum absolute atomic E-state index is 0.197. The maximum Gasteiger partial charge on any atom is 0.363 e. The molecule has 0 atom stereocenters. The van der Waals surface area contributed by atoms with Gasteiger partial charge < -0.3 is 0 Å². The molecule has 1 radical (unpaired) electrons. The van der Waals surface area contributed by atoms with Crippen molar-refractivity contribution in [3.63, 3.8) is 0 Å². The standard InChI is InChI=1S/C5H9N4O/c1-3-8-5(10)9(4-2)7-6-8/h1,3-4H2,2H3. The quantitative estimate of drug-likeness (QED) is 0.547. The highest BCUT2D eigenvalue weighted by Gasteiger charge is 2.00. The Balaban J connectivity index is 3.09. The van der Waals surface area contributed by atoms with Crippen molar-refractivity contribution in [1.82, 2.24) is 19.8 Å². The molecule has 0 amide bonds. The van der Waals surface area contributed by atoms with Crippen LogP contribution in [-0.2, 0) is 13.1 Å². The molecule has 0 aliphatic heterocycles. The molecule has 0 spiro atoms. The molecule has 0 bridgehead atoms. The molecular formula is C5H9N4O. The van der Waals surface area contributed by atoms with E-state index in [0.29, 0.717) is 13.1 Å². The van der Waals surface area contributed by atoms with Gasteiger partial charge >= 0.3 is 5.69 Å². The highest BCUT2D eigenvalue weighted by Crippen LogP contribution is 1.72. The van der Waals surface area contributed by atoms with Crippen LogP contribution in [0.15, 0.2) is 4.79 Å². The van der Waals surface area contributed by atoms with E-state index in [9.17, 15) is 4.79 Å². The molecule has 5 heteroatoms. The summed E-state index contributed by atoms with van der Waals surface area (Å²) in [5.41, 5.74) is -0.197. The van der Waals surface area contributed by atoms with Crippen LogP contribution >= 0.6 is 0 Å². The largest absolute Gasteiger partial charge is 0.363 e. The van der Waals surface area contributed by atoms with Crippen molar-refractivity contribution in [3.05, 3.63) is 17.4 Å². The van der Waals surface area contributed by atoms with Crippen LogP contribution in [0.25, 0.3) is 0 Å². The Morgan fingerprint density at radius 2 is 2.10 bits per heavy atom. The average Bonchev–Trinajstić information content (AvgIpc) is 2.30. The number of tetrazole rings is 1.